The van der Waals surface area contributed by atoms with Crippen LogP contribution in [0.15, 0.2) is 59.8 Å². The number of benzene rings is 2. The molecule has 0 saturated heterocycles. The zero-order chi connectivity index (χ0) is 22.9. The summed E-state index contributed by atoms with van der Waals surface area (Å²) in [6, 6.07) is 15.2. The molecule has 0 bridgehead atoms. The molecule has 5 nitrogen and oxygen atoms in total. The fourth-order valence-electron chi connectivity index (χ4n) is 4.74. The van der Waals surface area contributed by atoms with Crippen molar-refractivity contribution >= 4 is 23.1 Å². The van der Waals surface area contributed by atoms with Crippen molar-refractivity contribution in [1.82, 2.24) is 0 Å². The first kappa shape index (κ1) is 22.1. The van der Waals surface area contributed by atoms with Crippen molar-refractivity contribution < 1.29 is 14.3 Å². The molecule has 1 aliphatic heterocycles. The number of hydrogen-bond acceptors (Lipinski definition) is 4. The van der Waals surface area contributed by atoms with Crippen LogP contribution in [0.5, 0.6) is 5.75 Å². The van der Waals surface area contributed by atoms with E-state index in [1.165, 1.54) is 0 Å². The van der Waals surface area contributed by atoms with Gasteiger partial charge in [-0.3, -0.25) is 14.5 Å². The fourth-order valence-corrected chi connectivity index (χ4v) is 4.74. The van der Waals surface area contributed by atoms with E-state index in [0.717, 1.165) is 41.2 Å². The van der Waals surface area contributed by atoms with Gasteiger partial charge in [-0.05, 0) is 48.1 Å². The quantitative estimate of drug-likeness (QED) is 0.627. The van der Waals surface area contributed by atoms with Crippen molar-refractivity contribution in [3.05, 3.63) is 65.4 Å². The lowest BCUT2D eigenvalue weighted by atomic mass is 9.73. The minimum Gasteiger partial charge on any atom is -0.494 e. The van der Waals surface area contributed by atoms with Crippen LogP contribution in [0.25, 0.3) is 0 Å². The monoisotopic (exact) mass is 432 g/mol. The van der Waals surface area contributed by atoms with Gasteiger partial charge in [0.15, 0.2) is 5.78 Å². The maximum Gasteiger partial charge on any atom is 0.227 e. The Labute approximate surface area is 190 Å². The first-order valence-electron chi connectivity index (χ1n) is 11.5. The van der Waals surface area contributed by atoms with Crippen LogP contribution in [-0.2, 0) is 9.59 Å². The van der Waals surface area contributed by atoms with E-state index in [9.17, 15) is 9.59 Å². The van der Waals surface area contributed by atoms with Crippen LogP contribution in [-0.4, -0.2) is 18.3 Å². The lowest BCUT2D eigenvalue weighted by Crippen LogP contribution is -2.39. The number of hydrogen-bond donors (Lipinski definition) is 1. The van der Waals surface area contributed by atoms with Crippen LogP contribution in [0.1, 0.15) is 65.0 Å². The normalized spacial score (nSPS) is 19.6. The molecule has 1 atom stereocenters. The third-order valence-electron chi connectivity index (χ3n) is 6.12. The third kappa shape index (κ3) is 4.16. The average Bonchev–Trinajstić information content (AvgIpc) is 2.90. The van der Waals surface area contributed by atoms with Crippen LogP contribution in [0, 0.1) is 5.41 Å². The average molecular weight is 433 g/mol. The van der Waals surface area contributed by atoms with Crippen molar-refractivity contribution in [3.63, 3.8) is 0 Å². The number of carbonyl (C=O) groups is 2. The Kier molecular flexibility index (Phi) is 6.09. The summed E-state index contributed by atoms with van der Waals surface area (Å²) in [4.78, 5) is 28.7. The predicted molar refractivity (Wildman–Crippen MR) is 128 cm³/mol. The highest BCUT2D eigenvalue weighted by molar-refractivity contribution is 6.06. The van der Waals surface area contributed by atoms with Crippen LogP contribution in [0.3, 0.4) is 0 Å². The molecule has 0 aromatic heterocycles. The Bertz CT molecular complexity index is 1070. The minimum absolute atomic E-state index is 0.0180. The van der Waals surface area contributed by atoms with Gasteiger partial charge in [-0.2, -0.15) is 0 Å². The van der Waals surface area contributed by atoms with Gasteiger partial charge in [0.2, 0.25) is 5.91 Å². The van der Waals surface area contributed by atoms with E-state index in [1.807, 2.05) is 55.5 Å². The van der Waals surface area contributed by atoms with Crippen molar-refractivity contribution in [2.45, 2.75) is 59.4 Å². The molecule has 32 heavy (non-hydrogen) atoms. The molecule has 4 rings (SSSR count). The van der Waals surface area contributed by atoms with Crippen LogP contribution < -0.4 is 15.0 Å². The number of fused-ring (bicyclic) bond motifs is 1. The summed E-state index contributed by atoms with van der Waals surface area (Å²) in [5, 5.41) is 3.54. The number of ketones is 1. The molecule has 2 aromatic carbocycles. The van der Waals surface area contributed by atoms with E-state index in [0.29, 0.717) is 25.0 Å². The molecule has 0 spiro atoms. The highest BCUT2D eigenvalue weighted by Crippen LogP contribution is 2.48. The van der Waals surface area contributed by atoms with Crippen LogP contribution >= 0.6 is 0 Å². The molecule has 1 aliphatic carbocycles. The summed E-state index contributed by atoms with van der Waals surface area (Å²) in [5.74, 6) is 0.829. The summed E-state index contributed by atoms with van der Waals surface area (Å²) >= 11 is 0. The number of anilines is 2. The second-order valence-electron chi connectivity index (χ2n) is 9.42. The number of allylic oxidation sites excluding steroid dienone is 1. The minimum atomic E-state index is -0.498. The Morgan fingerprint density at radius 2 is 1.91 bits per heavy atom. The summed E-state index contributed by atoms with van der Waals surface area (Å²) in [6.45, 7) is 8.80. The Hall–Kier alpha value is -3.08. The van der Waals surface area contributed by atoms with Gasteiger partial charge in [0.1, 0.15) is 5.75 Å². The maximum atomic E-state index is 13.6. The molecule has 0 fully saturated rings. The smallest absolute Gasteiger partial charge is 0.227 e. The van der Waals surface area contributed by atoms with Gasteiger partial charge in [-0.1, -0.05) is 52.0 Å². The number of amides is 1. The second kappa shape index (κ2) is 8.81. The number of carbonyl (C=O) groups excluding carboxylic acids is 2. The summed E-state index contributed by atoms with van der Waals surface area (Å²) < 4.78 is 5.89. The zero-order valence-electron chi connectivity index (χ0n) is 19.4. The fraction of sp³-hybridized carbons (Fsp3) is 0.407. The van der Waals surface area contributed by atoms with E-state index in [2.05, 4.69) is 26.1 Å². The molecule has 5 heteroatoms. The third-order valence-corrected chi connectivity index (χ3v) is 6.12. The molecule has 1 amide bonds. The molecule has 1 heterocycles. The molecule has 1 N–H and O–H groups in total. The van der Waals surface area contributed by atoms with Crippen molar-refractivity contribution in [2.75, 3.05) is 16.8 Å². The summed E-state index contributed by atoms with van der Waals surface area (Å²) in [6.07, 6.45) is 2.47. The molecule has 168 valence electrons. The Morgan fingerprint density at radius 1 is 1.12 bits per heavy atom. The number of Topliss-reactive ketones (excluding diaryl/α,β-unsaturated/α-hetero) is 1. The van der Waals surface area contributed by atoms with Gasteiger partial charge in [0, 0.05) is 24.1 Å². The zero-order valence-corrected chi connectivity index (χ0v) is 19.4. The van der Waals surface area contributed by atoms with Crippen LogP contribution in [0.4, 0.5) is 11.4 Å². The SMILES string of the molecule is CCCOc1cccc([C@@H]2C3=C(CC(C)(C)CC3=O)Nc3ccccc3N2C(=O)CC)c1. The number of ether oxygens (including phenoxy) is 1. The molecule has 2 aromatic rings. The standard InChI is InChI=1S/C27H32N2O3/c1-5-14-32-19-11-9-10-18(15-19)26-25-21(16-27(3,4)17-23(25)30)28-20-12-7-8-13-22(20)29(26)24(31)6-2/h7-13,15,26,28H,5-6,14,16-17H2,1-4H3/t26-/m1/s1. The number of para-hydroxylation sites is 2. The number of nitrogens with one attached hydrogen (secondary N) is 1. The highest BCUT2D eigenvalue weighted by atomic mass is 16.5. The number of nitrogens with zero attached hydrogens (tertiary/aromatic N) is 1. The number of rotatable bonds is 5. The van der Waals surface area contributed by atoms with E-state index < -0.39 is 6.04 Å². The molecule has 0 unspecified atom stereocenters. The molecule has 0 saturated carbocycles. The van der Waals surface area contributed by atoms with E-state index in [4.69, 9.17) is 4.74 Å². The molecular formula is C27H32N2O3. The predicted octanol–water partition coefficient (Wildman–Crippen LogP) is 6.03. The topological polar surface area (TPSA) is 58.6 Å². The van der Waals surface area contributed by atoms with Gasteiger partial charge in [0.25, 0.3) is 0 Å². The molecule has 0 radical (unpaired) electrons. The van der Waals surface area contributed by atoms with Crippen LogP contribution in [0.2, 0.25) is 0 Å². The van der Waals surface area contributed by atoms with Gasteiger partial charge in [0.05, 0.1) is 24.0 Å². The van der Waals surface area contributed by atoms with Gasteiger partial charge < -0.3 is 10.1 Å². The van der Waals surface area contributed by atoms with Gasteiger partial charge >= 0.3 is 0 Å². The lowest BCUT2D eigenvalue weighted by Gasteiger charge is -2.37. The van der Waals surface area contributed by atoms with Gasteiger partial charge in [-0.25, -0.2) is 0 Å². The van der Waals surface area contributed by atoms with Gasteiger partial charge in [-0.15, -0.1) is 0 Å². The first-order valence-corrected chi connectivity index (χ1v) is 11.5. The second-order valence-corrected chi connectivity index (χ2v) is 9.42. The molecular weight excluding hydrogens is 400 g/mol. The van der Waals surface area contributed by atoms with Crippen molar-refractivity contribution in [1.29, 1.82) is 0 Å². The van der Waals surface area contributed by atoms with Crippen molar-refractivity contribution in [2.24, 2.45) is 5.41 Å². The Morgan fingerprint density at radius 3 is 2.66 bits per heavy atom. The molecule has 2 aliphatic rings. The largest absolute Gasteiger partial charge is 0.494 e. The Balaban J connectivity index is 1.95. The maximum absolute atomic E-state index is 13.6. The first-order chi connectivity index (χ1) is 15.3. The summed E-state index contributed by atoms with van der Waals surface area (Å²) in [5.41, 5.74) is 4.00. The summed E-state index contributed by atoms with van der Waals surface area (Å²) in [7, 11) is 0. The van der Waals surface area contributed by atoms with E-state index >= 15 is 0 Å². The van der Waals surface area contributed by atoms with E-state index in [-0.39, 0.29) is 17.1 Å². The van der Waals surface area contributed by atoms with E-state index in [1.54, 1.807) is 4.90 Å². The lowest BCUT2D eigenvalue weighted by molar-refractivity contribution is -0.119. The van der Waals surface area contributed by atoms with Crippen molar-refractivity contribution in [3.8, 4) is 5.75 Å². The highest BCUT2D eigenvalue weighted by Gasteiger charge is 2.42.